The predicted molar refractivity (Wildman–Crippen MR) is 64.9 cm³/mol. The standard InChI is InChI=1S/C11H16N4O2/c1-2-3-4-5-15-8(16)6-7-9(15)13-11(12)14-10(7)17/h2-6H2,1H3,(H3,12,13,14,17). The molecule has 0 spiro atoms. The van der Waals surface area contributed by atoms with Crippen molar-refractivity contribution in [3.05, 3.63) is 15.9 Å². The summed E-state index contributed by atoms with van der Waals surface area (Å²) >= 11 is 0. The predicted octanol–water partition coefficient (Wildman–Crippen LogP) is 0.431. The van der Waals surface area contributed by atoms with Gasteiger partial charge in [0, 0.05) is 6.54 Å². The van der Waals surface area contributed by atoms with E-state index in [9.17, 15) is 9.59 Å². The highest BCUT2D eigenvalue weighted by Crippen LogP contribution is 2.24. The number of nitrogens with two attached hydrogens (primary N) is 1. The Kier molecular flexibility index (Phi) is 3.12. The van der Waals surface area contributed by atoms with Gasteiger partial charge < -0.3 is 5.73 Å². The molecule has 0 unspecified atom stereocenters. The zero-order valence-corrected chi connectivity index (χ0v) is 9.82. The maximum atomic E-state index is 11.8. The van der Waals surface area contributed by atoms with Gasteiger partial charge in [0.1, 0.15) is 5.82 Å². The van der Waals surface area contributed by atoms with E-state index in [0.717, 1.165) is 19.3 Å². The lowest BCUT2D eigenvalue weighted by molar-refractivity contribution is -0.117. The van der Waals surface area contributed by atoms with Crippen LogP contribution >= 0.6 is 0 Å². The molecule has 0 aromatic carbocycles. The number of fused-ring (bicyclic) bond motifs is 1. The van der Waals surface area contributed by atoms with E-state index in [-0.39, 0.29) is 23.8 Å². The van der Waals surface area contributed by atoms with Crippen molar-refractivity contribution in [2.24, 2.45) is 0 Å². The number of nitrogen functional groups attached to an aromatic ring is 1. The number of unbranched alkanes of at least 4 members (excludes halogenated alkanes) is 2. The minimum absolute atomic E-state index is 0.0592. The van der Waals surface area contributed by atoms with Crippen molar-refractivity contribution in [2.45, 2.75) is 32.6 Å². The molecular formula is C11H16N4O2. The minimum Gasteiger partial charge on any atom is -0.369 e. The number of nitrogens with one attached hydrogen (secondary N) is 1. The summed E-state index contributed by atoms with van der Waals surface area (Å²) in [6.07, 6.45) is 3.18. The summed E-state index contributed by atoms with van der Waals surface area (Å²) in [5.74, 6) is 0.427. The van der Waals surface area contributed by atoms with Crippen molar-refractivity contribution in [1.82, 2.24) is 9.97 Å². The number of H-pyrrole nitrogens is 1. The molecule has 2 rings (SSSR count). The molecule has 6 heteroatoms. The van der Waals surface area contributed by atoms with Gasteiger partial charge in [-0.05, 0) is 6.42 Å². The van der Waals surface area contributed by atoms with Crippen molar-refractivity contribution < 1.29 is 4.79 Å². The van der Waals surface area contributed by atoms with E-state index >= 15 is 0 Å². The number of amides is 1. The van der Waals surface area contributed by atoms with Crippen LogP contribution in [0, 0.1) is 0 Å². The molecule has 0 fully saturated rings. The number of nitrogens with zero attached hydrogens (tertiary/aromatic N) is 2. The zero-order chi connectivity index (χ0) is 12.4. The van der Waals surface area contributed by atoms with Crippen LogP contribution < -0.4 is 16.2 Å². The molecule has 0 bridgehead atoms. The Morgan fingerprint density at radius 2 is 2.18 bits per heavy atom. The van der Waals surface area contributed by atoms with Crippen LogP contribution in [-0.2, 0) is 11.2 Å². The van der Waals surface area contributed by atoms with Crippen molar-refractivity contribution in [3.8, 4) is 0 Å². The third-order valence-electron chi connectivity index (χ3n) is 2.88. The number of hydrogen-bond acceptors (Lipinski definition) is 4. The lowest BCUT2D eigenvalue weighted by atomic mass is 10.2. The van der Waals surface area contributed by atoms with Crippen LogP contribution in [0.2, 0.25) is 0 Å². The monoisotopic (exact) mass is 236 g/mol. The summed E-state index contributed by atoms with van der Waals surface area (Å²) in [5.41, 5.74) is 5.61. The van der Waals surface area contributed by atoms with Crippen LogP contribution in [0.15, 0.2) is 4.79 Å². The van der Waals surface area contributed by atoms with E-state index in [2.05, 4.69) is 16.9 Å². The first kappa shape index (κ1) is 11.6. The number of hydrogen-bond donors (Lipinski definition) is 2. The molecule has 2 heterocycles. The van der Waals surface area contributed by atoms with E-state index in [0.29, 0.717) is 17.9 Å². The topological polar surface area (TPSA) is 92.1 Å². The highest BCUT2D eigenvalue weighted by molar-refractivity contribution is 6.00. The van der Waals surface area contributed by atoms with Gasteiger partial charge in [-0.25, -0.2) is 0 Å². The van der Waals surface area contributed by atoms with Gasteiger partial charge in [-0.15, -0.1) is 0 Å². The van der Waals surface area contributed by atoms with Gasteiger partial charge >= 0.3 is 0 Å². The van der Waals surface area contributed by atoms with E-state index in [4.69, 9.17) is 5.73 Å². The van der Waals surface area contributed by atoms with Crippen molar-refractivity contribution >= 4 is 17.7 Å². The third kappa shape index (κ3) is 2.15. The van der Waals surface area contributed by atoms with Crippen LogP contribution in [-0.4, -0.2) is 22.4 Å². The third-order valence-corrected chi connectivity index (χ3v) is 2.88. The molecule has 92 valence electrons. The first-order valence-electron chi connectivity index (χ1n) is 5.82. The lowest BCUT2D eigenvalue weighted by Crippen LogP contribution is -2.28. The maximum absolute atomic E-state index is 11.8. The van der Waals surface area contributed by atoms with Gasteiger partial charge in [-0.2, -0.15) is 4.98 Å². The molecule has 1 aromatic heterocycles. The molecule has 1 aliphatic rings. The summed E-state index contributed by atoms with van der Waals surface area (Å²) in [6.45, 7) is 2.70. The Hall–Kier alpha value is -1.85. The second kappa shape index (κ2) is 4.57. The Morgan fingerprint density at radius 1 is 1.41 bits per heavy atom. The van der Waals surface area contributed by atoms with E-state index < -0.39 is 0 Å². The molecule has 1 aliphatic heterocycles. The Bertz CT molecular complexity index is 495. The van der Waals surface area contributed by atoms with Crippen LogP contribution in [0.3, 0.4) is 0 Å². The molecule has 0 saturated carbocycles. The number of aromatic amines is 1. The van der Waals surface area contributed by atoms with E-state index in [1.165, 1.54) is 0 Å². The normalized spacial score (nSPS) is 14.2. The van der Waals surface area contributed by atoms with Crippen molar-refractivity contribution in [3.63, 3.8) is 0 Å². The summed E-state index contributed by atoms with van der Waals surface area (Å²) < 4.78 is 0. The molecule has 0 saturated heterocycles. The van der Waals surface area contributed by atoms with Gasteiger partial charge in [0.15, 0.2) is 0 Å². The molecule has 6 nitrogen and oxygen atoms in total. The quantitative estimate of drug-likeness (QED) is 0.741. The summed E-state index contributed by atoms with van der Waals surface area (Å²) in [6, 6.07) is 0. The Balaban J connectivity index is 2.27. The first-order valence-corrected chi connectivity index (χ1v) is 5.82. The Labute approximate surface area is 98.8 Å². The lowest BCUT2D eigenvalue weighted by Gasteiger charge is -2.15. The molecular weight excluding hydrogens is 220 g/mol. The van der Waals surface area contributed by atoms with Gasteiger partial charge in [0.2, 0.25) is 11.9 Å². The zero-order valence-electron chi connectivity index (χ0n) is 9.82. The summed E-state index contributed by atoms with van der Waals surface area (Å²) in [7, 11) is 0. The molecule has 17 heavy (non-hydrogen) atoms. The minimum atomic E-state index is -0.307. The summed E-state index contributed by atoms with van der Waals surface area (Å²) in [5, 5.41) is 0. The highest BCUT2D eigenvalue weighted by Gasteiger charge is 2.30. The Morgan fingerprint density at radius 3 is 2.88 bits per heavy atom. The number of anilines is 2. The molecule has 1 amide bonds. The second-order valence-corrected chi connectivity index (χ2v) is 4.18. The van der Waals surface area contributed by atoms with Gasteiger partial charge in [0.05, 0.1) is 12.0 Å². The summed E-state index contributed by atoms with van der Waals surface area (Å²) in [4.78, 5) is 31.4. The van der Waals surface area contributed by atoms with Crippen LogP contribution in [0.5, 0.6) is 0 Å². The highest BCUT2D eigenvalue weighted by atomic mass is 16.2. The van der Waals surface area contributed by atoms with Gasteiger partial charge in [-0.3, -0.25) is 19.5 Å². The van der Waals surface area contributed by atoms with Crippen molar-refractivity contribution in [2.75, 3.05) is 17.2 Å². The largest absolute Gasteiger partial charge is 0.369 e. The molecule has 0 atom stereocenters. The first-order chi connectivity index (χ1) is 8.13. The fraction of sp³-hybridized carbons (Fsp3) is 0.545. The number of aromatic nitrogens is 2. The fourth-order valence-corrected chi connectivity index (χ4v) is 2.00. The van der Waals surface area contributed by atoms with Crippen LogP contribution in [0.1, 0.15) is 31.7 Å². The smallest absolute Gasteiger partial charge is 0.258 e. The molecule has 0 aliphatic carbocycles. The van der Waals surface area contributed by atoms with Crippen molar-refractivity contribution in [1.29, 1.82) is 0 Å². The maximum Gasteiger partial charge on any atom is 0.258 e. The van der Waals surface area contributed by atoms with E-state index in [1.807, 2.05) is 0 Å². The van der Waals surface area contributed by atoms with Crippen LogP contribution in [0.25, 0.3) is 0 Å². The second-order valence-electron chi connectivity index (χ2n) is 4.18. The molecule has 0 radical (unpaired) electrons. The molecule has 3 N–H and O–H groups in total. The fourth-order valence-electron chi connectivity index (χ4n) is 2.00. The van der Waals surface area contributed by atoms with Gasteiger partial charge in [0.25, 0.3) is 5.56 Å². The van der Waals surface area contributed by atoms with Gasteiger partial charge in [-0.1, -0.05) is 19.8 Å². The SMILES string of the molecule is CCCCCN1C(=O)Cc2c1nc(N)[nH]c2=O. The average molecular weight is 236 g/mol. The van der Waals surface area contributed by atoms with E-state index in [1.54, 1.807) is 4.90 Å². The van der Waals surface area contributed by atoms with Crippen LogP contribution in [0.4, 0.5) is 11.8 Å². The molecule has 1 aromatic rings. The number of carbonyl (C=O) groups is 1. The average Bonchev–Trinajstić information content (AvgIpc) is 2.57. The number of carbonyl (C=O) groups excluding carboxylic acids is 1. The number of rotatable bonds is 4.